The minimum atomic E-state index is 0.0732. The molecule has 0 aliphatic carbocycles. The van der Waals surface area contributed by atoms with E-state index in [1.807, 2.05) is 18.2 Å². The van der Waals surface area contributed by atoms with Crippen LogP contribution in [0.1, 0.15) is 18.4 Å². The highest BCUT2D eigenvalue weighted by atomic mass is 79.9. The Morgan fingerprint density at radius 3 is 3.06 bits per heavy atom. The van der Waals surface area contributed by atoms with Gasteiger partial charge in [0.1, 0.15) is 5.75 Å². The Kier molecular flexibility index (Phi) is 3.83. The van der Waals surface area contributed by atoms with Crippen molar-refractivity contribution < 1.29 is 9.53 Å². The molecule has 16 heavy (non-hydrogen) atoms. The molecule has 1 aliphatic heterocycles. The summed E-state index contributed by atoms with van der Waals surface area (Å²) >= 11 is 3.36. The number of nitrogens with one attached hydrogen (secondary N) is 1. The van der Waals surface area contributed by atoms with Crippen LogP contribution in [-0.2, 0) is 11.2 Å². The highest BCUT2D eigenvalue weighted by molar-refractivity contribution is 9.09. The number of para-hydroxylation sites is 1. The van der Waals surface area contributed by atoms with Crippen molar-refractivity contribution in [3.63, 3.8) is 0 Å². The van der Waals surface area contributed by atoms with Crippen molar-refractivity contribution >= 4 is 27.5 Å². The lowest BCUT2D eigenvalue weighted by atomic mass is 10.0. The van der Waals surface area contributed by atoms with E-state index < -0.39 is 0 Å². The summed E-state index contributed by atoms with van der Waals surface area (Å²) in [6, 6.07) is 5.91. The lowest BCUT2D eigenvalue weighted by molar-refractivity contribution is -0.116. The van der Waals surface area contributed by atoms with Crippen LogP contribution < -0.4 is 10.1 Å². The van der Waals surface area contributed by atoms with Gasteiger partial charge < -0.3 is 10.1 Å². The zero-order valence-electron chi connectivity index (χ0n) is 8.96. The molecule has 1 aromatic carbocycles. The molecule has 1 N–H and O–H groups in total. The number of ether oxygens (including phenoxy) is 1. The van der Waals surface area contributed by atoms with Crippen LogP contribution in [0.25, 0.3) is 0 Å². The van der Waals surface area contributed by atoms with Crippen LogP contribution in [0.3, 0.4) is 0 Å². The molecule has 0 atom stereocenters. The fraction of sp³-hybridized carbons (Fsp3) is 0.417. The normalized spacial score (nSPS) is 14.2. The van der Waals surface area contributed by atoms with Crippen LogP contribution in [-0.4, -0.2) is 17.8 Å². The van der Waals surface area contributed by atoms with Crippen molar-refractivity contribution in [2.75, 3.05) is 17.3 Å². The predicted molar refractivity (Wildman–Crippen MR) is 67.3 cm³/mol. The van der Waals surface area contributed by atoms with Gasteiger partial charge in [-0.2, -0.15) is 0 Å². The van der Waals surface area contributed by atoms with E-state index in [9.17, 15) is 4.79 Å². The molecular formula is C12H14BrNO2. The smallest absolute Gasteiger partial charge is 0.224 e. The van der Waals surface area contributed by atoms with Gasteiger partial charge in [-0.1, -0.05) is 28.1 Å². The maximum Gasteiger partial charge on any atom is 0.224 e. The van der Waals surface area contributed by atoms with E-state index in [0.29, 0.717) is 13.0 Å². The number of rotatable bonds is 4. The average molecular weight is 284 g/mol. The molecule has 0 bridgehead atoms. The Bertz CT molecular complexity index is 393. The van der Waals surface area contributed by atoms with Gasteiger partial charge in [-0.25, -0.2) is 0 Å². The number of amides is 1. The molecule has 0 aromatic heterocycles. The standard InChI is InChI=1S/C12H14BrNO2/c13-7-2-8-16-10-4-1-3-9-5-6-11(15)14-12(9)10/h1,3-4H,2,5-8H2,(H,14,15). The molecule has 4 heteroatoms. The number of hydrogen-bond donors (Lipinski definition) is 1. The molecule has 86 valence electrons. The third-order valence-electron chi connectivity index (χ3n) is 2.53. The minimum Gasteiger partial charge on any atom is -0.491 e. The molecule has 2 rings (SSSR count). The number of benzene rings is 1. The molecule has 1 heterocycles. The van der Waals surface area contributed by atoms with Gasteiger partial charge in [0.05, 0.1) is 12.3 Å². The fourth-order valence-corrected chi connectivity index (χ4v) is 1.96. The number of halogens is 1. The number of fused-ring (bicyclic) bond motifs is 1. The van der Waals surface area contributed by atoms with Gasteiger partial charge in [0.25, 0.3) is 0 Å². The van der Waals surface area contributed by atoms with E-state index in [0.717, 1.165) is 35.2 Å². The van der Waals surface area contributed by atoms with E-state index in [1.54, 1.807) is 0 Å². The van der Waals surface area contributed by atoms with Gasteiger partial charge in [0.2, 0.25) is 5.91 Å². The number of anilines is 1. The molecule has 3 nitrogen and oxygen atoms in total. The van der Waals surface area contributed by atoms with Gasteiger partial charge in [-0.3, -0.25) is 4.79 Å². The third-order valence-corrected chi connectivity index (χ3v) is 3.09. The van der Waals surface area contributed by atoms with E-state index in [-0.39, 0.29) is 5.91 Å². The first-order chi connectivity index (χ1) is 7.81. The SMILES string of the molecule is O=C1CCc2cccc(OCCCBr)c2N1. The lowest BCUT2D eigenvalue weighted by Gasteiger charge is -2.20. The molecule has 1 aliphatic rings. The van der Waals surface area contributed by atoms with Crippen molar-refractivity contribution in [2.45, 2.75) is 19.3 Å². The monoisotopic (exact) mass is 283 g/mol. The molecule has 0 spiro atoms. The largest absolute Gasteiger partial charge is 0.491 e. The van der Waals surface area contributed by atoms with Crippen LogP contribution in [0.4, 0.5) is 5.69 Å². The molecule has 0 saturated carbocycles. The second-order valence-electron chi connectivity index (χ2n) is 3.73. The number of carbonyl (C=O) groups is 1. The number of aryl methyl sites for hydroxylation is 1. The Balaban J connectivity index is 2.15. The maximum absolute atomic E-state index is 11.3. The second kappa shape index (κ2) is 5.34. The first kappa shape index (κ1) is 11.5. The topological polar surface area (TPSA) is 38.3 Å². The van der Waals surface area contributed by atoms with E-state index in [1.165, 1.54) is 0 Å². The lowest BCUT2D eigenvalue weighted by Crippen LogP contribution is -2.19. The molecule has 1 amide bonds. The third kappa shape index (κ3) is 2.55. The van der Waals surface area contributed by atoms with Crippen molar-refractivity contribution in [2.24, 2.45) is 0 Å². The number of alkyl halides is 1. The first-order valence-corrected chi connectivity index (χ1v) is 6.54. The van der Waals surface area contributed by atoms with Crippen LogP contribution in [0, 0.1) is 0 Å². The molecule has 0 unspecified atom stereocenters. The molecular weight excluding hydrogens is 270 g/mol. The second-order valence-corrected chi connectivity index (χ2v) is 4.52. The summed E-state index contributed by atoms with van der Waals surface area (Å²) in [6.07, 6.45) is 2.33. The Morgan fingerprint density at radius 2 is 2.25 bits per heavy atom. The minimum absolute atomic E-state index is 0.0732. The fourth-order valence-electron chi connectivity index (χ4n) is 1.73. The van der Waals surface area contributed by atoms with E-state index >= 15 is 0 Å². The zero-order valence-corrected chi connectivity index (χ0v) is 10.5. The number of carbonyl (C=O) groups excluding carboxylic acids is 1. The molecule has 0 fully saturated rings. The summed E-state index contributed by atoms with van der Waals surface area (Å²) in [7, 11) is 0. The maximum atomic E-state index is 11.3. The van der Waals surface area contributed by atoms with Gasteiger partial charge in [0, 0.05) is 11.8 Å². The predicted octanol–water partition coefficient (Wildman–Crippen LogP) is 2.74. The zero-order chi connectivity index (χ0) is 11.4. The Labute approximate surface area is 103 Å². The van der Waals surface area contributed by atoms with Crippen LogP contribution >= 0.6 is 15.9 Å². The van der Waals surface area contributed by atoms with Gasteiger partial charge in [-0.15, -0.1) is 0 Å². The summed E-state index contributed by atoms with van der Waals surface area (Å²) in [5.74, 6) is 0.857. The summed E-state index contributed by atoms with van der Waals surface area (Å²) in [4.78, 5) is 11.3. The Morgan fingerprint density at radius 1 is 1.38 bits per heavy atom. The summed E-state index contributed by atoms with van der Waals surface area (Å²) < 4.78 is 5.65. The van der Waals surface area contributed by atoms with Gasteiger partial charge >= 0.3 is 0 Å². The van der Waals surface area contributed by atoms with Crippen molar-refractivity contribution in [3.05, 3.63) is 23.8 Å². The molecule has 0 saturated heterocycles. The highest BCUT2D eigenvalue weighted by Gasteiger charge is 2.18. The van der Waals surface area contributed by atoms with Crippen molar-refractivity contribution in [1.82, 2.24) is 0 Å². The number of hydrogen-bond acceptors (Lipinski definition) is 2. The van der Waals surface area contributed by atoms with Crippen molar-refractivity contribution in [1.29, 1.82) is 0 Å². The van der Waals surface area contributed by atoms with E-state index in [2.05, 4.69) is 21.2 Å². The molecule has 0 radical (unpaired) electrons. The van der Waals surface area contributed by atoms with Crippen molar-refractivity contribution in [3.8, 4) is 5.75 Å². The first-order valence-electron chi connectivity index (χ1n) is 5.42. The quantitative estimate of drug-likeness (QED) is 0.682. The highest BCUT2D eigenvalue weighted by Crippen LogP contribution is 2.32. The summed E-state index contributed by atoms with van der Waals surface area (Å²) in [6.45, 7) is 0.664. The summed E-state index contributed by atoms with van der Waals surface area (Å²) in [5, 5.41) is 3.80. The van der Waals surface area contributed by atoms with Crippen LogP contribution in [0.2, 0.25) is 0 Å². The summed E-state index contributed by atoms with van der Waals surface area (Å²) in [5.41, 5.74) is 2.02. The van der Waals surface area contributed by atoms with E-state index in [4.69, 9.17) is 4.74 Å². The Hall–Kier alpha value is -1.03. The van der Waals surface area contributed by atoms with Crippen LogP contribution in [0.15, 0.2) is 18.2 Å². The molecule has 1 aromatic rings. The van der Waals surface area contributed by atoms with Crippen LogP contribution in [0.5, 0.6) is 5.75 Å². The van der Waals surface area contributed by atoms with Gasteiger partial charge in [0.15, 0.2) is 0 Å². The van der Waals surface area contributed by atoms with Gasteiger partial charge in [-0.05, 0) is 24.5 Å². The average Bonchev–Trinajstić information content (AvgIpc) is 2.30.